The smallest absolute Gasteiger partial charge is 0.171 e. The molecule has 0 N–H and O–H groups in total. The lowest BCUT2D eigenvalue weighted by molar-refractivity contribution is -0.135. The lowest BCUT2D eigenvalue weighted by Gasteiger charge is -2.20. The molecule has 0 nitrogen and oxygen atoms in total. The summed E-state index contributed by atoms with van der Waals surface area (Å²) in [6.07, 6.45) is -4.71. The third-order valence-electron chi connectivity index (χ3n) is 1.49. The van der Waals surface area contributed by atoms with E-state index in [0.29, 0.717) is 0 Å². The molecule has 13 heavy (non-hydrogen) atoms. The van der Waals surface area contributed by atoms with Gasteiger partial charge in [0, 0.05) is 11.0 Å². The first-order valence-electron chi connectivity index (χ1n) is 4.21. The third kappa shape index (κ3) is 7.55. The van der Waals surface area contributed by atoms with E-state index in [0.717, 1.165) is 5.75 Å². The van der Waals surface area contributed by atoms with Crippen LogP contribution in [-0.4, -0.2) is 17.2 Å². The van der Waals surface area contributed by atoms with Crippen LogP contribution >= 0.6 is 21.6 Å². The Morgan fingerprint density at radius 1 is 1.23 bits per heavy atom. The highest BCUT2D eigenvalue weighted by molar-refractivity contribution is 8.76. The van der Waals surface area contributed by atoms with Crippen LogP contribution in [0.5, 0.6) is 0 Å². The lowest BCUT2D eigenvalue weighted by atomic mass is 10.1. The van der Waals surface area contributed by atoms with E-state index in [2.05, 4.69) is 0 Å². The molecule has 0 saturated carbocycles. The Morgan fingerprint density at radius 2 is 1.77 bits per heavy atom. The van der Waals surface area contributed by atoms with Gasteiger partial charge in [-0.05, 0) is 5.92 Å². The number of halogens is 3. The van der Waals surface area contributed by atoms with E-state index in [4.69, 9.17) is 0 Å². The Bertz CT molecular complexity index is 134. The van der Waals surface area contributed by atoms with E-state index in [1.807, 2.05) is 20.8 Å². The molecule has 0 fully saturated rings. The van der Waals surface area contributed by atoms with Crippen LogP contribution in [0.25, 0.3) is 0 Å². The van der Waals surface area contributed by atoms with Crippen LogP contribution in [0.2, 0.25) is 0 Å². The van der Waals surface area contributed by atoms with E-state index in [1.54, 1.807) is 0 Å². The summed E-state index contributed by atoms with van der Waals surface area (Å²) < 4.78 is 36.2. The van der Waals surface area contributed by atoms with E-state index in [-0.39, 0.29) is 11.2 Å². The van der Waals surface area contributed by atoms with Crippen molar-refractivity contribution in [2.45, 2.75) is 38.6 Å². The zero-order chi connectivity index (χ0) is 10.5. The van der Waals surface area contributed by atoms with Crippen LogP contribution in [0.3, 0.4) is 0 Å². The van der Waals surface area contributed by atoms with Gasteiger partial charge in [0.1, 0.15) is 0 Å². The zero-order valence-corrected chi connectivity index (χ0v) is 9.65. The van der Waals surface area contributed by atoms with Crippen LogP contribution in [0.4, 0.5) is 13.2 Å². The van der Waals surface area contributed by atoms with Crippen LogP contribution in [0, 0.1) is 5.92 Å². The van der Waals surface area contributed by atoms with Crippen molar-refractivity contribution in [3.8, 4) is 0 Å². The quantitative estimate of drug-likeness (QED) is 0.646. The maximum atomic E-state index is 12.1. The van der Waals surface area contributed by atoms with Crippen molar-refractivity contribution in [2.24, 2.45) is 5.92 Å². The second-order valence-electron chi connectivity index (χ2n) is 3.10. The third-order valence-corrected chi connectivity index (χ3v) is 4.67. The average Bonchev–Trinajstić information content (AvgIpc) is 1.95. The average molecular weight is 232 g/mol. The van der Waals surface area contributed by atoms with E-state index in [1.165, 1.54) is 21.6 Å². The van der Waals surface area contributed by atoms with Crippen LogP contribution < -0.4 is 0 Å². The van der Waals surface area contributed by atoms with E-state index < -0.39 is 12.6 Å². The molecule has 0 spiro atoms. The summed E-state index contributed by atoms with van der Waals surface area (Å²) in [7, 11) is 2.86. The number of rotatable bonds is 5. The fraction of sp³-hybridized carbons (Fsp3) is 1.00. The van der Waals surface area contributed by atoms with Crippen molar-refractivity contribution in [3.63, 3.8) is 0 Å². The standard InChI is InChI=1S/C8H15F3S2/c1-4-12-13-7(6(2)3)5-8(9,10)11/h6-7H,4-5H2,1-3H3/t7-/m0/s1. The molecular formula is C8H15F3S2. The Hall–Kier alpha value is 0.490. The second-order valence-corrected chi connectivity index (χ2v) is 6.00. The van der Waals surface area contributed by atoms with Crippen molar-refractivity contribution < 1.29 is 13.2 Å². The minimum absolute atomic E-state index is 0.0747. The van der Waals surface area contributed by atoms with Crippen molar-refractivity contribution in [1.29, 1.82) is 0 Å². The molecule has 0 aromatic heterocycles. The molecule has 0 radical (unpaired) electrons. The van der Waals surface area contributed by atoms with E-state index in [9.17, 15) is 13.2 Å². The number of hydrogen-bond acceptors (Lipinski definition) is 2. The minimum Gasteiger partial charge on any atom is -0.171 e. The maximum Gasteiger partial charge on any atom is 0.390 e. The highest BCUT2D eigenvalue weighted by atomic mass is 33.1. The molecule has 0 heterocycles. The summed E-state index contributed by atoms with van der Waals surface area (Å²) in [4.78, 5) is 0. The Balaban J connectivity index is 3.95. The molecule has 80 valence electrons. The molecule has 0 rings (SSSR count). The highest BCUT2D eigenvalue weighted by Crippen LogP contribution is 2.37. The first-order valence-corrected chi connectivity index (χ1v) is 6.60. The van der Waals surface area contributed by atoms with Gasteiger partial charge in [-0.3, -0.25) is 0 Å². The Labute approximate surface area is 85.4 Å². The monoisotopic (exact) mass is 232 g/mol. The molecule has 1 atom stereocenters. The van der Waals surface area contributed by atoms with Gasteiger partial charge in [0.25, 0.3) is 0 Å². The minimum atomic E-state index is -4.03. The summed E-state index contributed by atoms with van der Waals surface area (Å²) in [5.41, 5.74) is 0. The molecule has 0 amide bonds. The van der Waals surface area contributed by atoms with Gasteiger partial charge in [0.05, 0.1) is 6.42 Å². The fourth-order valence-electron chi connectivity index (χ4n) is 0.764. The molecule has 0 aliphatic rings. The van der Waals surface area contributed by atoms with Crippen molar-refractivity contribution in [3.05, 3.63) is 0 Å². The maximum absolute atomic E-state index is 12.1. The number of alkyl halides is 3. The fourth-order valence-corrected chi connectivity index (χ4v) is 3.36. The largest absolute Gasteiger partial charge is 0.390 e. The SMILES string of the molecule is CCSS[C@@H](CC(F)(F)F)C(C)C. The van der Waals surface area contributed by atoms with Gasteiger partial charge in [-0.15, -0.1) is 0 Å². The summed E-state index contributed by atoms with van der Waals surface area (Å²) in [5, 5.41) is -0.315. The van der Waals surface area contributed by atoms with Gasteiger partial charge in [-0.1, -0.05) is 42.4 Å². The van der Waals surface area contributed by atoms with Gasteiger partial charge >= 0.3 is 6.18 Å². The molecular weight excluding hydrogens is 217 g/mol. The van der Waals surface area contributed by atoms with Crippen LogP contribution in [-0.2, 0) is 0 Å². The first kappa shape index (κ1) is 13.5. The Morgan fingerprint density at radius 3 is 2.08 bits per heavy atom. The zero-order valence-electron chi connectivity index (χ0n) is 8.02. The van der Waals surface area contributed by atoms with Gasteiger partial charge in [0.2, 0.25) is 0 Å². The summed E-state index contributed by atoms with van der Waals surface area (Å²) in [6, 6.07) is 0. The second kappa shape index (κ2) is 6.06. The molecule has 0 unspecified atom stereocenters. The van der Waals surface area contributed by atoms with Gasteiger partial charge in [-0.25, -0.2) is 0 Å². The summed E-state index contributed by atoms with van der Waals surface area (Å²) in [6.45, 7) is 5.61. The van der Waals surface area contributed by atoms with Crippen molar-refractivity contribution in [1.82, 2.24) is 0 Å². The first-order chi connectivity index (χ1) is 5.87. The molecule has 0 aromatic carbocycles. The predicted molar refractivity (Wildman–Crippen MR) is 55.0 cm³/mol. The predicted octanol–water partition coefficient (Wildman–Crippen LogP) is 4.36. The van der Waals surface area contributed by atoms with Crippen molar-refractivity contribution in [2.75, 3.05) is 5.75 Å². The Kier molecular flexibility index (Phi) is 6.29. The molecule has 0 saturated heterocycles. The van der Waals surface area contributed by atoms with Gasteiger partial charge in [0.15, 0.2) is 0 Å². The van der Waals surface area contributed by atoms with Crippen LogP contribution in [0.15, 0.2) is 0 Å². The van der Waals surface area contributed by atoms with Crippen molar-refractivity contribution >= 4 is 21.6 Å². The highest BCUT2D eigenvalue weighted by Gasteiger charge is 2.33. The molecule has 0 bridgehead atoms. The molecule has 0 aliphatic carbocycles. The number of hydrogen-bond donors (Lipinski definition) is 0. The normalized spacial score (nSPS) is 15.0. The summed E-state index contributed by atoms with van der Waals surface area (Å²) in [5.74, 6) is 0.928. The van der Waals surface area contributed by atoms with Crippen LogP contribution in [0.1, 0.15) is 27.2 Å². The van der Waals surface area contributed by atoms with E-state index >= 15 is 0 Å². The summed E-state index contributed by atoms with van der Waals surface area (Å²) >= 11 is 0. The van der Waals surface area contributed by atoms with Gasteiger partial charge in [-0.2, -0.15) is 13.2 Å². The topological polar surface area (TPSA) is 0 Å². The molecule has 0 aliphatic heterocycles. The van der Waals surface area contributed by atoms with Gasteiger partial charge < -0.3 is 0 Å². The molecule has 0 aromatic rings. The lowest BCUT2D eigenvalue weighted by Crippen LogP contribution is -2.20. The molecule has 5 heteroatoms.